The number of carbonyl (C=O) groups is 1. The average Bonchev–Trinajstić information content (AvgIpc) is 2.50. The number of hydrogen-bond acceptors (Lipinski definition) is 5. The zero-order valence-corrected chi connectivity index (χ0v) is 10.6. The third kappa shape index (κ3) is 2.98. The molecule has 2 rings (SSSR count). The van der Waals surface area contributed by atoms with Gasteiger partial charge in [-0.05, 0) is 18.6 Å². The van der Waals surface area contributed by atoms with Crippen molar-refractivity contribution in [2.24, 2.45) is 0 Å². The van der Waals surface area contributed by atoms with E-state index in [1.807, 2.05) is 4.90 Å². The van der Waals surface area contributed by atoms with Gasteiger partial charge in [-0.25, -0.2) is 18.2 Å². The maximum Gasteiger partial charge on any atom is 0.354 e. The van der Waals surface area contributed by atoms with Crippen molar-refractivity contribution in [1.82, 2.24) is 4.98 Å². The summed E-state index contributed by atoms with van der Waals surface area (Å²) in [7, 11) is -2.97. The van der Waals surface area contributed by atoms with Gasteiger partial charge in [0.05, 0.1) is 11.5 Å². The second kappa shape index (κ2) is 4.93. The molecule has 0 saturated carbocycles. The van der Waals surface area contributed by atoms with Crippen molar-refractivity contribution < 1.29 is 18.3 Å². The average molecular weight is 270 g/mol. The molecule has 0 radical (unpaired) electrons. The predicted molar refractivity (Wildman–Crippen MR) is 66.7 cm³/mol. The Balaban J connectivity index is 2.21. The molecule has 1 aliphatic rings. The Bertz CT molecular complexity index is 556. The second-order valence-electron chi connectivity index (χ2n) is 4.18. The number of rotatable bonds is 2. The molecule has 0 unspecified atom stereocenters. The highest BCUT2D eigenvalue weighted by molar-refractivity contribution is 7.91. The van der Waals surface area contributed by atoms with E-state index in [1.165, 1.54) is 6.07 Å². The van der Waals surface area contributed by atoms with Gasteiger partial charge in [0, 0.05) is 13.1 Å². The lowest BCUT2D eigenvalue weighted by atomic mass is 10.3. The first-order valence-electron chi connectivity index (χ1n) is 5.64. The number of carboxylic acid groups (broad SMARTS) is 1. The number of hydrogen-bond donors (Lipinski definition) is 1. The molecule has 0 aliphatic carbocycles. The lowest BCUT2D eigenvalue weighted by molar-refractivity contribution is 0.0690. The predicted octanol–water partition coefficient (Wildman–Crippen LogP) is 0.405. The monoisotopic (exact) mass is 270 g/mol. The van der Waals surface area contributed by atoms with E-state index < -0.39 is 15.8 Å². The highest BCUT2D eigenvalue weighted by Crippen LogP contribution is 2.15. The summed E-state index contributed by atoms with van der Waals surface area (Å²) in [6, 6.07) is 4.73. The Morgan fingerprint density at radius 3 is 2.78 bits per heavy atom. The highest BCUT2D eigenvalue weighted by Gasteiger charge is 2.20. The molecule has 98 valence electrons. The lowest BCUT2D eigenvalue weighted by Crippen LogP contribution is -2.28. The summed E-state index contributed by atoms with van der Waals surface area (Å²) in [5, 5.41) is 8.87. The van der Waals surface area contributed by atoms with Gasteiger partial charge in [0.15, 0.2) is 15.5 Å². The van der Waals surface area contributed by atoms with Gasteiger partial charge < -0.3 is 10.0 Å². The molecule has 1 aliphatic heterocycles. The summed E-state index contributed by atoms with van der Waals surface area (Å²) in [5.41, 5.74) is -0.0281. The molecular weight excluding hydrogens is 256 g/mol. The van der Waals surface area contributed by atoms with Gasteiger partial charge >= 0.3 is 5.97 Å². The van der Waals surface area contributed by atoms with Crippen molar-refractivity contribution in [3.63, 3.8) is 0 Å². The third-order valence-corrected chi connectivity index (χ3v) is 4.55. The van der Waals surface area contributed by atoms with Crippen LogP contribution in [0.2, 0.25) is 0 Å². The Kier molecular flexibility index (Phi) is 3.51. The van der Waals surface area contributed by atoms with Gasteiger partial charge in [-0.1, -0.05) is 6.07 Å². The van der Waals surface area contributed by atoms with Crippen LogP contribution in [0.5, 0.6) is 0 Å². The number of carboxylic acids is 1. The van der Waals surface area contributed by atoms with Gasteiger partial charge in [0.25, 0.3) is 0 Å². The molecule has 7 heteroatoms. The maximum absolute atomic E-state index is 11.5. The van der Waals surface area contributed by atoms with E-state index in [4.69, 9.17) is 5.11 Å². The highest BCUT2D eigenvalue weighted by atomic mass is 32.2. The van der Waals surface area contributed by atoms with E-state index >= 15 is 0 Å². The maximum atomic E-state index is 11.5. The van der Waals surface area contributed by atoms with E-state index in [1.54, 1.807) is 12.1 Å². The van der Waals surface area contributed by atoms with Gasteiger partial charge in [0.2, 0.25) is 0 Å². The fourth-order valence-electron chi connectivity index (χ4n) is 1.89. The smallest absolute Gasteiger partial charge is 0.354 e. The largest absolute Gasteiger partial charge is 0.477 e. The molecule has 0 bridgehead atoms. The summed E-state index contributed by atoms with van der Waals surface area (Å²) in [6.07, 6.45) is 0.543. The van der Waals surface area contributed by atoms with Crippen molar-refractivity contribution in [3.05, 3.63) is 23.9 Å². The first kappa shape index (κ1) is 12.8. The normalized spacial score (nSPS) is 19.2. The number of pyridine rings is 1. The zero-order chi connectivity index (χ0) is 13.2. The molecule has 1 aromatic heterocycles. The minimum atomic E-state index is -2.97. The molecule has 1 N–H and O–H groups in total. The quantitative estimate of drug-likeness (QED) is 0.837. The summed E-state index contributed by atoms with van der Waals surface area (Å²) in [4.78, 5) is 16.7. The van der Waals surface area contributed by atoms with Crippen molar-refractivity contribution in [2.75, 3.05) is 29.5 Å². The summed E-state index contributed by atoms with van der Waals surface area (Å²) in [6.45, 7) is 0.938. The summed E-state index contributed by atoms with van der Waals surface area (Å²) < 4.78 is 23.0. The molecule has 1 aromatic rings. The van der Waals surface area contributed by atoms with Gasteiger partial charge in [0.1, 0.15) is 5.82 Å². The molecule has 0 atom stereocenters. The topological polar surface area (TPSA) is 87.6 Å². The minimum Gasteiger partial charge on any atom is -0.477 e. The number of nitrogens with zero attached hydrogens (tertiary/aromatic N) is 2. The Labute approximate surface area is 105 Å². The van der Waals surface area contributed by atoms with E-state index in [0.29, 0.717) is 25.3 Å². The van der Waals surface area contributed by atoms with E-state index in [2.05, 4.69) is 4.98 Å². The molecule has 6 nitrogen and oxygen atoms in total. The number of sulfone groups is 1. The minimum absolute atomic E-state index is 0.0281. The standard InChI is InChI=1S/C11H14N2O4S/c14-11(15)9-3-1-4-10(12-9)13-5-2-7-18(16,17)8-6-13/h1,3-4H,2,5-8H2,(H,14,15). The number of aromatic nitrogens is 1. The van der Waals surface area contributed by atoms with E-state index in [-0.39, 0.29) is 17.2 Å². The van der Waals surface area contributed by atoms with Crippen molar-refractivity contribution >= 4 is 21.6 Å². The van der Waals surface area contributed by atoms with E-state index in [0.717, 1.165) is 0 Å². The molecule has 0 amide bonds. The first-order valence-corrected chi connectivity index (χ1v) is 7.46. The SMILES string of the molecule is O=C(O)c1cccc(N2CCCS(=O)(=O)CC2)n1. The van der Waals surface area contributed by atoms with Crippen LogP contribution >= 0.6 is 0 Å². The fourth-order valence-corrected chi connectivity index (χ4v) is 3.16. The third-order valence-electron chi connectivity index (χ3n) is 2.83. The van der Waals surface area contributed by atoms with Crippen LogP contribution in [-0.2, 0) is 9.84 Å². The molecular formula is C11H14N2O4S. The van der Waals surface area contributed by atoms with Crippen LogP contribution in [0.3, 0.4) is 0 Å². The van der Waals surface area contributed by atoms with Crippen LogP contribution in [0.4, 0.5) is 5.82 Å². The van der Waals surface area contributed by atoms with Gasteiger partial charge in [-0.15, -0.1) is 0 Å². The first-order chi connectivity index (χ1) is 8.48. The van der Waals surface area contributed by atoms with Crippen molar-refractivity contribution in [3.8, 4) is 0 Å². The summed E-state index contributed by atoms with van der Waals surface area (Å²) >= 11 is 0. The van der Waals surface area contributed by atoms with E-state index in [9.17, 15) is 13.2 Å². The molecule has 1 fully saturated rings. The summed E-state index contributed by atoms with van der Waals surface area (Å²) in [5.74, 6) is -0.292. The van der Waals surface area contributed by atoms with Crippen LogP contribution in [0.15, 0.2) is 18.2 Å². The Hall–Kier alpha value is -1.63. The number of anilines is 1. The van der Waals surface area contributed by atoms with Crippen molar-refractivity contribution in [1.29, 1.82) is 0 Å². The Morgan fingerprint density at radius 1 is 1.28 bits per heavy atom. The van der Waals surface area contributed by atoms with Gasteiger partial charge in [-0.2, -0.15) is 0 Å². The second-order valence-corrected chi connectivity index (χ2v) is 6.48. The molecule has 18 heavy (non-hydrogen) atoms. The zero-order valence-electron chi connectivity index (χ0n) is 9.74. The molecule has 1 saturated heterocycles. The molecule has 2 heterocycles. The van der Waals surface area contributed by atoms with Crippen molar-refractivity contribution in [2.45, 2.75) is 6.42 Å². The molecule has 0 aromatic carbocycles. The van der Waals surface area contributed by atoms with Crippen LogP contribution < -0.4 is 4.90 Å². The molecule has 0 spiro atoms. The van der Waals surface area contributed by atoms with Gasteiger partial charge in [-0.3, -0.25) is 0 Å². The van der Waals surface area contributed by atoms with Crippen LogP contribution in [0.1, 0.15) is 16.9 Å². The fraction of sp³-hybridized carbons (Fsp3) is 0.455. The number of aromatic carboxylic acids is 1. The van der Waals surface area contributed by atoms with Crippen LogP contribution in [-0.4, -0.2) is 49.1 Å². The Morgan fingerprint density at radius 2 is 2.06 bits per heavy atom. The van der Waals surface area contributed by atoms with Crippen LogP contribution in [0.25, 0.3) is 0 Å². The van der Waals surface area contributed by atoms with Crippen LogP contribution in [0, 0.1) is 0 Å². The lowest BCUT2D eigenvalue weighted by Gasteiger charge is -2.20.